The molecule has 0 saturated heterocycles. The Morgan fingerprint density at radius 3 is 2.65 bits per heavy atom. The third-order valence-corrected chi connectivity index (χ3v) is 3.32. The van der Waals surface area contributed by atoms with E-state index in [-0.39, 0.29) is 0 Å². The molecule has 1 rings (SSSR count). The van der Waals surface area contributed by atoms with Gasteiger partial charge in [-0.3, -0.25) is 4.98 Å². The SMILES string of the molecule is CC(C)=CCC/C(C)=C/CN(C)CCc1ccccn1. The Morgan fingerprint density at radius 2 is 2.00 bits per heavy atom. The van der Waals surface area contributed by atoms with Gasteiger partial charge in [0.25, 0.3) is 0 Å². The Morgan fingerprint density at radius 1 is 1.20 bits per heavy atom. The van der Waals surface area contributed by atoms with Gasteiger partial charge in [-0.2, -0.15) is 0 Å². The highest BCUT2D eigenvalue weighted by Crippen LogP contribution is 2.06. The molecule has 2 heteroatoms. The zero-order valence-electron chi connectivity index (χ0n) is 13.4. The lowest BCUT2D eigenvalue weighted by Gasteiger charge is -2.14. The molecule has 0 spiro atoms. The van der Waals surface area contributed by atoms with E-state index >= 15 is 0 Å². The molecule has 0 unspecified atom stereocenters. The van der Waals surface area contributed by atoms with E-state index in [1.54, 1.807) is 0 Å². The Hall–Kier alpha value is -1.41. The Bertz CT molecular complexity index is 428. The summed E-state index contributed by atoms with van der Waals surface area (Å²) in [6.45, 7) is 8.61. The largest absolute Gasteiger partial charge is 0.302 e. The second-order valence-electron chi connectivity index (χ2n) is 5.70. The molecule has 0 aliphatic rings. The summed E-state index contributed by atoms with van der Waals surface area (Å²) in [5.74, 6) is 0. The van der Waals surface area contributed by atoms with Crippen LogP contribution in [-0.4, -0.2) is 30.0 Å². The smallest absolute Gasteiger partial charge is 0.0416 e. The van der Waals surface area contributed by atoms with Gasteiger partial charge in [0.2, 0.25) is 0 Å². The van der Waals surface area contributed by atoms with Crippen molar-refractivity contribution >= 4 is 0 Å². The number of likely N-dealkylation sites (N-methyl/N-ethyl adjacent to an activating group) is 1. The topological polar surface area (TPSA) is 16.1 Å². The number of pyridine rings is 1. The summed E-state index contributed by atoms with van der Waals surface area (Å²) in [6, 6.07) is 6.11. The van der Waals surface area contributed by atoms with Crippen molar-refractivity contribution in [1.29, 1.82) is 0 Å². The number of rotatable bonds is 8. The normalized spacial score (nSPS) is 11.8. The molecular weight excluding hydrogens is 244 g/mol. The molecule has 0 N–H and O–H groups in total. The van der Waals surface area contributed by atoms with Crippen LogP contribution in [0.3, 0.4) is 0 Å². The average Bonchev–Trinajstić information content (AvgIpc) is 2.43. The highest BCUT2D eigenvalue weighted by molar-refractivity contribution is 5.05. The first-order chi connectivity index (χ1) is 9.58. The molecule has 0 aliphatic carbocycles. The van der Waals surface area contributed by atoms with Crippen molar-refractivity contribution in [3.63, 3.8) is 0 Å². The van der Waals surface area contributed by atoms with Crippen LogP contribution in [0, 0.1) is 0 Å². The van der Waals surface area contributed by atoms with Crippen LogP contribution in [0.4, 0.5) is 0 Å². The lowest BCUT2D eigenvalue weighted by atomic mass is 10.1. The van der Waals surface area contributed by atoms with Gasteiger partial charge in [-0.1, -0.05) is 29.4 Å². The van der Waals surface area contributed by atoms with Crippen molar-refractivity contribution in [2.75, 3.05) is 20.1 Å². The summed E-state index contributed by atoms with van der Waals surface area (Å²) in [5, 5.41) is 0. The van der Waals surface area contributed by atoms with Gasteiger partial charge in [-0.05, 0) is 52.8 Å². The number of hydrogen-bond acceptors (Lipinski definition) is 2. The molecule has 0 aliphatic heterocycles. The van der Waals surface area contributed by atoms with Gasteiger partial charge < -0.3 is 4.90 Å². The molecule has 20 heavy (non-hydrogen) atoms. The zero-order valence-corrected chi connectivity index (χ0v) is 13.4. The predicted octanol–water partition coefficient (Wildman–Crippen LogP) is 4.25. The number of aromatic nitrogens is 1. The van der Waals surface area contributed by atoms with Gasteiger partial charge in [-0.25, -0.2) is 0 Å². The van der Waals surface area contributed by atoms with E-state index in [4.69, 9.17) is 0 Å². The van der Waals surface area contributed by atoms with Crippen molar-refractivity contribution < 1.29 is 0 Å². The fourth-order valence-electron chi connectivity index (χ4n) is 1.94. The minimum atomic E-state index is 1.02. The van der Waals surface area contributed by atoms with Crippen molar-refractivity contribution in [3.8, 4) is 0 Å². The lowest BCUT2D eigenvalue weighted by Crippen LogP contribution is -2.21. The summed E-state index contributed by atoms with van der Waals surface area (Å²) in [4.78, 5) is 6.70. The molecule has 0 fully saturated rings. The van der Waals surface area contributed by atoms with E-state index in [1.165, 1.54) is 23.3 Å². The maximum absolute atomic E-state index is 4.35. The molecule has 0 saturated carbocycles. The minimum absolute atomic E-state index is 1.02. The number of hydrogen-bond donors (Lipinski definition) is 0. The minimum Gasteiger partial charge on any atom is -0.302 e. The van der Waals surface area contributed by atoms with Crippen molar-refractivity contribution in [1.82, 2.24) is 9.88 Å². The molecule has 0 bridgehead atoms. The van der Waals surface area contributed by atoms with Crippen molar-refractivity contribution in [2.24, 2.45) is 0 Å². The third kappa shape index (κ3) is 7.90. The van der Waals surface area contributed by atoms with Crippen LogP contribution in [0.2, 0.25) is 0 Å². The molecule has 0 amide bonds. The first-order valence-electron chi connectivity index (χ1n) is 7.45. The second kappa shape index (κ2) is 9.49. The van der Waals surface area contributed by atoms with Crippen molar-refractivity contribution in [3.05, 3.63) is 53.4 Å². The highest BCUT2D eigenvalue weighted by Gasteiger charge is 1.98. The van der Waals surface area contributed by atoms with Crippen LogP contribution >= 0.6 is 0 Å². The molecular formula is C18H28N2. The maximum Gasteiger partial charge on any atom is 0.0416 e. The lowest BCUT2D eigenvalue weighted by molar-refractivity contribution is 0.372. The van der Waals surface area contributed by atoms with Gasteiger partial charge in [0, 0.05) is 31.4 Å². The van der Waals surface area contributed by atoms with Gasteiger partial charge in [0.1, 0.15) is 0 Å². The van der Waals surface area contributed by atoms with Crippen LogP contribution in [0.15, 0.2) is 47.7 Å². The molecule has 0 aromatic carbocycles. The quantitative estimate of drug-likeness (QED) is 0.658. The summed E-state index contributed by atoms with van der Waals surface area (Å²) in [7, 11) is 2.17. The summed E-state index contributed by atoms with van der Waals surface area (Å²) >= 11 is 0. The van der Waals surface area contributed by atoms with Crippen LogP contribution in [0.5, 0.6) is 0 Å². The van der Waals surface area contributed by atoms with E-state index in [2.05, 4.69) is 62.0 Å². The van der Waals surface area contributed by atoms with E-state index in [9.17, 15) is 0 Å². The van der Waals surface area contributed by atoms with E-state index in [1.807, 2.05) is 12.3 Å². The van der Waals surface area contributed by atoms with E-state index < -0.39 is 0 Å². The zero-order chi connectivity index (χ0) is 14.8. The molecule has 1 aromatic heterocycles. The van der Waals surface area contributed by atoms with Crippen LogP contribution < -0.4 is 0 Å². The molecule has 2 nitrogen and oxygen atoms in total. The number of nitrogens with zero attached hydrogens (tertiary/aromatic N) is 2. The molecule has 0 atom stereocenters. The first-order valence-corrected chi connectivity index (χ1v) is 7.45. The maximum atomic E-state index is 4.35. The average molecular weight is 272 g/mol. The molecule has 1 aromatic rings. The van der Waals surface area contributed by atoms with Crippen molar-refractivity contribution in [2.45, 2.75) is 40.0 Å². The van der Waals surface area contributed by atoms with Crippen LogP contribution in [0.25, 0.3) is 0 Å². The highest BCUT2D eigenvalue weighted by atomic mass is 15.1. The Kier molecular flexibility index (Phi) is 7.89. The summed E-state index contributed by atoms with van der Waals surface area (Å²) < 4.78 is 0. The van der Waals surface area contributed by atoms with Gasteiger partial charge >= 0.3 is 0 Å². The fraction of sp³-hybridized carbons (Fsp3) is 0.500. The first kappa shape index (κ1) is 16.6. The molecule has 1 heterocycles. The Labute approximate surface area is 124 Å². The van der Waals surface area contributed by atoms with Gasteiger partial charge in [0.15, 0.2) is 0 Å². The van der Waals surface area contributed by atoms with Crippen LogP contribution in [0.1, 0.15) is 39.3 Å². The van der Waals surface area contributed by atoms with Gasteiger partial charge in [-0.15, -0.1) is 0 Å². The molecule has 0 radical (unpaired) electrons. The summed E-state index contributed by atoms with van der Waals surface area (Å²) in [6.07, 6.45) is 9.85. The van der Waals surface area contributed by atoms with Crippen LogP contribution in [-0.2, 0) is 6.42 Å². The third-order valence-electron chi connectivity index (χ3n) is 3.32. The standard InChI is InChI=1S/C18H28N2/c1-16(2)8-7-9-17(3)11-14-20(4)15-12-18-10-5-6-13-19-18/h5-6,8,10-11,13H,7,9,12,14-15H2,1-4H3/b17-11+. The van der Waals surface area contributed by atoms with E-state index in [0.29, 0.717) is 0 Å². The van der Waals surface area contributed by atoms with E-state index in [0.717, 1.165) is 25.9 Å². The monoisotopic (exact) mass is 272 g/mol. The number of allylic oxidation sites excluding steroid dienone is 3. The van der Waals surface area contributed by atoms with Gasteiger partial charge in [0.05, 0.1) is 0 Å². The molecule has 110 valence electrons. The Balaban J connectivity index is 2.24. The summed E-state index contributed by atoms with van der Waals surface area (Å²) in [5.41, 5.74) is 4.06. The predicted molar refractivity (Wildman–Crippen MR) is 87.9 cm³/mol. The second-order valence-corrected chi connectivity index (χ2v) is 5.70. The fourth-order valence-corrected chi connectivity index (χ4v) is 1.94.